The summed E-state index contributed by atoms with van der Waals surface area (Å²) < 4.78 is 0. The summed E-state index contributed by atoms with van der Waals surface area (Å²) in [6.45, 7) is 9.20. The topological polar surface area (TPSA) is 61.6 Å². The molecule has 1 heterocycles. The van der Waals surface area contributed by atoms with Crippen molar-refractivity contribution in [1.29, 1.82) is 0 Å². The second-order valence-corrected chi connectivity index (χ2v) is 4.87. The second kappa shape index (κ2) is 9.47. The number of nitrogens with one attached hydrogen (secondary N) is 1. The van der Waals surface area contributed by atoms with Crippen LogP contribution in [0.1, 0.15) is 13.8 Å². The van der Waals surface area contributed by atoms with E-state index in [2.05, 4.69) is 40.4 Å². The number of rotatable bonds is 6. The van der Waals surface area contributed by atoms with E-state index in [9.17, 15) is 4.79 Å². The van der Waals surface area contributed by atoms with Gasteiger partial charge in [-0.1, -0.05) is 30.4 Å². The van der Waals surface area contributed by atoms with Crippen LogP contribution in [0.3, 0.4) is 0 Å². The van der Waals surface area contributed by atoms with Gasteiger partial charge in [0, 0.05) is 32.7 Å². The van der Waals surface area contributed by atoms with Crippen LogP contribution in [0.2, 0.25) is 0 Å². The summed E-state index contributed by atoms with van der Waals surface area (Å²) in [6, 6.07) is 0. The largest absolute Gasteiger partial charge is 0.297 e. The fourth-order valence-corrected chi connectivity index (χ4v) is 2.14. The number of nitrogens with two attached hydrogens (primary N) is 1. The second-order valence-electron chi connectivity index (χ2n) is 4.87. The highest BCUT2D eigenvalue weighted by molar-refractivity contribution is 5.77. The van der Waals surface area contributed by atoms with Crippen LogP contribution in [0.5, 0.6) is 0 Å². The van der Waals surface area contributed by atoms with Crippen LogP contribution >= 0.6 is 0 Å². The first-order chi connectivity index (χ1) is 9.69. The van der Waals surface area contributed by atoms with Crippen LogP contribution < -0.4 is 11.3 Å². The Hall–Kier alpha value is -1.43. The molecular formula is C15H26N4O. The molecule has 1 saturated heterocycles. The Balaban J connectivity index is 2.36. The molecule has 20 heavy (non-hydrogen) atoms. The Bertz CT molecular complexity index is 379. The molecule has 0 spiro atoms. The van der Waals surface area contributed by atoms with Crippen LogP contribution in [0.25, 0.3) is 0 Å². The summed E-state index contributed by atoms with van der Waals surface area (Å²) in [7, 11) is 0. The van der Waals surface area contributed by atoms with Crippen LogP contribution in [0.4, 0.5) is 0 Å². The number of carbonyl (C=O) groups excluding carboxylic acids is 1. The summed E-state index contributed by atoms with van der Waals surface area (Å²) in [5.74, 6) is 4.98. The zero-order chi connectivity index (χ0) is 14.8. The quantitative estimate of drug-likeness (QED) is 0.324. The number of hydrogen-bond acceptors (Lipinski definition) is 4. The van der Waals surface area contributed by atoms with Crippen LogP contribution in [-0.4, -0.2) is 55.0 Å². The van der Waals surface area contributed by atoms with E-state index in [0.717, 1.165) is 32.7 Å². The maximum atomic E-state index is 11.2. The fraction of sp³-hybridized carbons (Fsp3) is 0.533. The van der Waals surface area contributed by atoms with Gasteiger partial charge in [-0.25, -0.2) is 5.84 Å². The SMILES string of the molecule is C\C=C/C=C\C(=C/C)CN1CCN(CC(=O)NN)CC1. The standard InChI is InChI=1S/C15H26N4O/c1-3-5-6-7-14(4-2)12-18-8-10-19(11-9-18)13-15(20)17-16/h3-7H,8-13,16H2,1-2H3,(H,17,20)/b5-3-,7-6-,14-4+. The van der Waals surface area contributed by atoms with Crippen molar-refractivity contribution in [3.8, 4) is 0 Å². The minimum Gasteiger partial charge on any atom is -0.297 e. The third-order valence-electron chi connectivity index (χ3n) is 3.38. The highest BCUT2D eigenvalue weighted by atomic mass is 16.2. The molecule has 5 heteroatoms. The monoisotopic (exact) mass is 278 g/mol. The highest BCUT2D eigenvalue weighted by Crippen LogP contribution is 2.06. The third kappa shape index (κ3) is 6.14. The van der Waals surface area contributed by atoms with E-state index in [4.69, 9.17) is 5.84 Å². The fourth-order valence-electron chi connectivity index (χ4n) is 2.14. The number of carbonyl (C=O) groups is 1. The van der Waals surface area contributed by atoms with Gasteiger partial charge in [0.2, 0.25) is 5.91 Å². The van der Waals surface area contributed by atoms with Crippen LogP contribution in [-0.2, 0) is 4.79 Å². The van der Waals surface area contributed by atoms with Crippen molar-refractivity contribution >= 4 is 5.91 Å². The highest BCUT2D eigenvalue weighted by Gasteiger charge is 2.18. The molecule has 1 fully saturated rings. The smallest absolute Gasteiger partial charge is 0.248 e. The van der Waals surface area contributed by atoms with Crippen LogP contribution in [0.15, 0.2) is 36.0 Å². The lowest BCUT2D eigenvalue weighted by atomic mass is 10.2. The van der Waals surface area contributed by atoms with E-state index >= 15 is 0 Å². The van der Waals surface area contributed by atoms with E-state index in [1.54, 1.807) is 0 Å². The predicted octanol–water partition coefficient (Wildman–Crippen LogP) is 0.673. The normalized spacial score (nSPS) is 19.1. The Morgan fingerprint density at radius 3 is 2.20 bits per heavy atom. The van der Waals surface area contributed by atoms with E-state index in [0.29, 0.717) is 6.54 Å². The van der Waals surface area contributed by atoms with Gasteiger partial charge in [0.25, 0.3) is 0 Å². The van der Waals surface area contributed by atoms with Crippen molar-refractivity contribution < 1.29 is 4.79 Å². The molecule has 0 aromatic rings. The molecule has 1 aliphatic rings. The number of hydrogen-bond donors (Lipinski definition) is 2. The van der Waals surface area contributed by atoms with E-state index in [1.807, 2.05) is 19.1 Å². The zero-order valence-electron chi connectivity index (χ0n) is 12.5. The molecule has 0 unspecified atom stereocenters. The van der Waals surface area contributed by atoms with Gasteiger partial charge in [-0.3, -0.25) is 20.0 Å². The van der Waals surface area contributed by atoms with Gasteiger partial charge >= 0.3 is 0 Å². The lowest BCUT2D eigenvalue weighted by Gasteiger charge is -2.34. The molecule has 0 aromatic carbocycles. The van der Waals surface area contributed by atoms with Crippen molar-refractivity contribution in [1.82, 2.24) is 15.2 Å². The van der Waals surface area contributed by atoms with Gasteiger partial charge in [0.1, 0.15) is 0 Å². The number of hydrazine groups is 1. The molecule has 0 saturated carbocycles. The Morgan fingerprint density at radius 2 is 1.70 bits per heavy atom. The maximum absolute atomic E-state index is 11.2. The number of nitrogens with zero attached hydrogens (tertiary/aromatic N) is 2. The Kier molecular flexibility index (Phi) is 7.87. The third-order valence-corrected chi connectivity index (χ3v) is 3.38. The first-order valence-corrected chi connectivity index (χ1v) is 7.08. The molecular weight excluding hydrogens is 252 g/mol. The average Bonchev–Trinajstić information content (AvgIpc) is 2.48. The molecule has 0 bridgehead atoms. The molecule has 1 aliphatic heterocycles. The molecule has 112 valence electrons. The van der Waals surface area contributed by atoms with Gasteiger partial charge in [-0.15, -0.1) is 0 Å². The van der Waals surface area contributed by atoms with Gasteiger partial charge in [0.05, 0.1) is 6.54 Å². The van der Waals surface area contributed by atoms with Gasteiger partial charge in [-0.05, 0) is 19.4 Å². The predicted molar refractivity (Wildman–Crippen MR) is 82.9 cm³/mol. The van der Waals surface area contributed by atoms with E-state index < -0.39 is 0 Å². The van der Waals surface area contributed by atoms with Crippen molar-refractivity contribution in [3.63, 3.8) is 0 Å². The van der Waals surface area contributed by atoms with Gasteiger partial charge in [-0.2, -0.15) is 0 Å². The minimum absolute atomic E-state index is 0.123. The van der Waals surface area contributed by atoms with E-state index in [-0.39, 0.29) is 5.91 Å². The van der Waals surface area contributed by atoms with E-state index in [1.165, 1.54) is 5.57 Å². The lowest BCUT2D eigenvalue weighted by molar-refractivity contribution is -0.122. The van der Waals surface area contributed by atoms with Crippen molar-refractivity contribution in [2.45, 2.75) is 13.8 Å². The Labute approximate surface area is 121 Å². The van der Waals surface area contributed by atoms with Gasteiger partial charge < -0.3 is 0 Å². The average molecular weight is 278 g/mol. The van der Waals surface area contributed by atoms with Crippen molar-refractivity contribution in [2.24, 2.45) is 5.84 Å². The summed E-state index contributed by atoms with van der Waals surface area (Å²) in [5.41, 5.74) is 3.49. The first kappa shape index (κ1) is 16.6. The van der Waals surface area contributed by atoms with Gasteiger partial charge in [0.15, 0.2) is 0 Å². The molecule has 5 nitrogen and oxygen atoms in total. The molecule has 3 N–H and O–H groups in total. The van der Waals surface area contributed by atoms with Crippen LogP contribution in [0, 0.1) is 0 Å². The molecule has 0 radical (unpaired) electrons. The lowest BCUT2D eigenvalue weighted by Crippen LogP contribution is -2.50. The zero-order valence-corrected chi connectivity index (χ0v) is 12.5. The first-order valence-electron chi connectivity index (χ1n) is 7.08. The minimum atomic E-state index is -0.123. The summed E-state index contributed by atoms with van der Waals surface area (Å²) in [6.07, 6.45) is 10.4. The summed E-state index contributed by atoms with van der Waals surface area (Å²) >= 11 is 0. The maximum Gasteiger partial charge on any atom is 0.248 e. The summed E-state index contributed by atoms with van der Waals surface area (Å²) in [5, 5.41) is 0. The molecule has 0 aromatic heterocycles. The van der Waals surface area contributed by atoms with Crippen molar-refractivity contribution in [3.05, 3.63) is 36.0 Å². The number of piperazine rings is 1. The molecule has 1 amide bonds. The van der Waals surface area contributed by atoms with Crippen molar-refractivity contribution in [2.75, 3.05) is 39.3 Å². The number of amides is 1. The molecule has 0 aliphatic carbocycles. The summed E-state index contributed by atoms with van der Waals surface area (Å²) in [4.78, 5) is 15.8. The molecule has 0 atom stereocenters. The Morgan fingerprint density at radius 1 is 1.10 bits per heavy atom. The molecule has 1 rings (SSSR count). The number of allylic oxidation sites excluding steroid dienone is 4.